The largest absolute Gasteiger partial charge is 0.291 e. The number of H-pyrrole nitrogens is 1. The van der Waals surface area contributed by atoms with Gasteiger partial charge in [0.2, 0.25) is 11.1 Å². The van der Waals surface area contributed by atoms with Crippen LogP contribution in [0.3, 0.4) is 0 Å². The molecule has 86 valence electrons. The average molecular weight is 238 g/mol. The van der Waals surface area contributed by atoms with E-state index in [9.17, 15) is 4.79 Å². The summed E-state index contributed by atoms with van der Waals surface area (Å²) < 4.78 is 0. The third-order valence-corrected chi connectivity index (χ3v) is 2.26. The van der Waals surface area contributed by atoms with Crippen molar-refractivity contribution in [3.05, 3.63) is 24.3 Å². The molecule has 1 amide bonds. The quantitative estimate of drug-likeness (QED) is 0.467. The number of hydrogen-bond acceptors (Lipinski definition) is 4. The first-order valence-electron chi connectivity index (χ1n) is 4.91. The average Bonchev–Trinajstić information content (AvgIpc) is 2.66. The van der Waals surface area contributed by atoms with Crippen molar-refractivity contribution in [2.24, 2.45) is 0 Å². The van der Waals surface area contributed by atoms with Gasteiger partial charge in [0.05, 0.1) is 0 Å². The number of aromatic amines is 1. The Kier molecular flexibility index (Phi) is 5.35. The molecule has 0 aliphatic carbocycles. The summed E-state index contributed by atoms with van der Waals surface area (Å²) in [6.07, 6.45) is 6.70. The Hall–Kier alpha value is -1.56. The summed E-state index contributed by atoms with van der Waals surface area (Å²) in [6.45, 7) is 3.89. The van der Waals surface area contributed by atoms with Crippen molar-refractivity contribution in [3.8, 4) is 0 Å². The van der Waals surface area contributed by atoms with Gasteiger partial charge < -0.3 is 0 Å². The maximum absolute atomic E-state index is 11.3. The third-order valence-electron chi connectivity index (χ3n) is 1.53. The molecule has 1 aromatic heterocycles. The molecule has 2 N–H and O–H groups in total. The first-order chi connectivity index (χ1) is 7.76. The Labute approximate surface area is 98.4 Å². The molecule has 5 nitrogen and oxygen atoms in total. The lowest BCUT2D eigenvalue weighted by Crippen LogP contribution is -2.08. The maximum atomic E-state index is 11.3. The van der Waals surface area contributed by atoms with Gasteiger partial charge in [0.1, 0.15) is 0 Å². The zero-order valence-electron chi connectivity index (χ0n) is 9.23. The number of nitrogens with zero attached hydrogens (tertiary/aromatic N) is 2. The molecule has 0 aliphatic rings. The smallest absolute Gasteiger partial charge is 0.250 e. The van der Waals surface area contributed by atoms with Crippen LogP contribution >= 0.6 is 11.8 Å². The van der Waals surface area contributed by atoms with Gasteiger partial charge in [-0.2, -0.15) is 4.98 Å². The molecule has 0 saturated heterocycles. The summed E-state index contributed by atoms with van der Waals surface area (Å²) in [5.41, 5.74) is 0. The number of amides is 1. The molecule has 1 heterocycles. The number of anilines is 1. The second-order valence-corrected chi connectivity index (χ2v) is 4.00. The van der Waals surface area contributed by atoms with E-state index in [1.807, 2.05) is 19.9 Å². The maximum Gasteiger partial charge on any atom is 0.250 e. The lowest BCUT2D eigenvalue weighted by Gasteiger charge is -1.93. The van der Waals surface area contributed by atoms with Crippen molar-refractivity contribution in [3.63, 3.8) is 0 Å². The van der Waals surface area contributed by atoms with Crippen LogP contribution in [0.5, 0.6) is 0 Å². The predicted octanol–water partition coefficient (Wildman–Crippen LogP) is 1.99. The minimum absolute atomic E-state index is 0.234. The molecule has 0 unspecified atom stereocenters. The van der Waals surface area contributed by atoms with Crippen LogP contribution in [0.2, 0.25) is 0 Å². The highest BCUT2D eigenvalue weighted by molar-refractivity contribution is 7.99. The molecule has 6 heteroatoms. The third kappa shape index (κ3) is 4.31. The van der Waals surface area contributed by atoms with Crippen molar-refractivity contribution >= 4 is 23.6 Å². The van der Waals surface area contributed by atoms with Crippen molar-refractivity contribution in [1.29, 1.82) is 0 Å². The molecule has 16 heavy (non-hydrogen) atoms. The zero-order chi connectivity index (χ0) is 11.8. The molecule has 0 fully saturated rings. The first-order valence-corrected chi connectivity index (χ1v) is 5.90. The van der Waals surface area contributed by atoms with Crippen molar-refractivity contribution in [1.82, 2.24) is 15.2 Å². The predicted molar refractivity (Wildman–Crippen MR) is 65.4 cm³/mol. The summed E-state index contributed by atoms with van der Waals surface area (Å²) in [7, 11) is 0. The van der Waals surface area contributed by atoms with Crippen LogP contribution in [-0.4, -0.2) is 26.8 Å². The van der Waals surface area contributed by atoms with Crippen LogP contribution < -0.4 is 5.32 Å². The van der Waals surface area contributed by atoms with E-state index < -0.39 is 0 Å². The lowest BCUT2D eigenvalue weighted by atomic mass is 10.4. The molecule has 0 aromatic carbocycles. The van der Waals surface area contributed by atoms with Crippen LogP contribution in [0, 0.1) is 0 Å². The van der Waals surface area contributed by atoms with E-state index in [2.05, 4.69) is 20.5 Å². The minimum atomic E-state index is -0.234. The fourth-order valence-electron chi connectivity index (χ4n) is 0.908. The number of carbonyl (C=O) groups is 1. The highest BCUT2D eigenvalue weighted by Gasteiger charge is 2.04. The van der Waals surface area contributed by atoms with Crippen LogP contribution in [0.1, 0.15) is 13.8 Å². The van der Waals surface area contributed by atoms with Crippen molar-refractivity contribution in [2.75, 3.05) is 11.1 Å². The fourth-order valence-corrected chi connectivity index (χ4v) is 1.43. The van der Waals surface area contributed by atoms with E-state index in [1.165, 1.54) is 17.8 Å². The van der Waals surface area contributed by atoms with Crippen LogP contribution in [0.25, 0.3) is 0 Å². The molecule has 1 aromatic rings. The van der Waals surface area contributed by atoms with E-state index in [0.29, 0.717) is 11.1 Å². The number of nitrogens with one attached hydrogen (secondary N) is 2. The van der Waals surface area contributed by atoms with E-state index in [0.717, 1.165) is 5.75 Å². The topological polar surface area (TPSA) is 70.7 Å². The summed E-state index contributed by atoms with van der Waals surface area (Å²) in [6, 6.07) is 0. The van der Waals surface area contributed by atoms with Gasteiger partial charge >= 0.3 is 0 Å². The summed E-state index contributed by atoms with van der Waals surface area (Å²) in [5, 5.41) is 9.79. The normalized spacial score (nSPS) is 11.4. The molecule has 0 radical (unpaired) electrons. The van der Waals surface area contributed by atoms with Gasteiger partial charge in [-0.05, 0) is 12.7 Å². The number of rotatable bonds is 5. The van der Waals surface area contributed by atoms with Gasteiger partial charge in [0.15, 0.2) is 0 Å². The molecular formula is C10H14N4OS. The molecule has 0 bridgehead atoms. The Morgan fingerprint density at radius 1 is 1.56 bits per heavy atom. The molecular weight excluding hydrogens is 224 g/mol. The zero-order valence-corrected chi connectivity index (χ0v) is 10.0. The Morgan fingerprint density at radius 2 is 2.38 bits per heavy atom. The van der Waals surface area contributed by atoms with E-state index in [4.69, 9.17) is 0 Å². The second-order valence-electron chi connectivity index (χ2n) is 2.77. The van der Waals surface area contributed by atoms with Gasteiger partial charge in [-0.15, -0.1) is 5.10 Å². The Balaban J connectivity index is 2.49. The standard InChI is InChI=1S/C10H14N4OS/c1-3-5-6-7-8(15)11-9-12-10(14-13-9)16-4-2/h3,5-7H,4H2,1-2H3,(H2,11,12,13,14,15)/b5-3+,7-6+. The lowest BCUT2D eigenvalue weighted by molar-refractivity contribution is -0.111. The van der Waals surface area contributed by atoms with Crippen LogP contribution in [0.15, 0.2) is 29.5 Å². The molecule has 0 saturated carbocycles. The van der Waals surface area contributed by atoms with Gasteiger partial charge in [-0.1, -0.05) is 36.9 Å². The number of thioether (sulfide) groups is 1. The van der Waals surface area contributed by atoms with Gasteiger partial charge in [0, 0.05) is 6.08 Å². The minimum Gasteiger partial charge on any atom is -0.291 e. The monoisotopic (exact) mass is 238 g/mol. The first kappa shape index (κ1) is 12.5. The van der Waals surface area contributed by atoms with E-state index in [1.54, 1.807) is 12.2 Å². The second kappa shape index (κ2) is 6.84. The molecule has 1 rings (SSSR count). The number of aromatic nitrogens is 3. The van der Waals surface area contributed by atoms with Crippen molar-refractivity contribution in [2.45, 2.75) is 19.0 Å². The highest BCUT2D eigenvalue weighted by atomic mass is 32.2. The number of carbonyl (C=O) groups excluding carboxylic acids is 1. The summed E-state index contributed by atoms with van der Waals surface area (Å²) in [4.78, 5) is 15.4. The number of allylic oxidation sites excluding steroid dienone is 3. The van der Waals surface area contributed by atoms with Gasteiger partial charge in [0.25, 0.3) is 5.91 Å². The molecule has 0 atom stereocenters. The summed E-state index contributed by atoms with van der Waals surface area (Å²) >= 11 is 1.51. The number of hydrogen-bond donors (Lipinski definition) is 2. The Bertz CT molecular complexity index is 397. The molecule has 0 aliphatic heterocycles. The molecule has 0 spiro atoms. The summed E-state index contributed by atoms with van der Waals surface area (Å²) in [5.74, 6) is 1.03. The highest BCUT2D eigenvalue weighted by Crippen LogP contribution is 2.12. The van der Waals surface area contributed by atoms with E-state index in [-0.39, 0.29) is 5.91 Å². The van der Waals surface area contributed by atoms with Crippen LogP contribution in [-0.2, 0) is 4.79 Å². The van der Waals surface area contributed by atoms with Crippen molar-refractivity contribution < 1.29 is 4.79 Å². The van der Waals surface area contributed by atoms with Crippen LogP contribution in [0.4, 0.5) is 5.95 Å². The van der Waals surface area contributed by atoms with E-state index >= 15 is 0 Å². The van der Waals surface area contributed by atoms with Gasteiger partial charge in [-0.25, -0.2) is 5.10 Å². The SMILES string of the molecule is C/C=C/C=C/C(=O)Nc1nc(SCC)n[nH]1. The van der Waals surface area contributed by atoms with Gasteiger partial charge in [-0.3, -0.25) is 10.1 Å². The Morgan fingerprint density at radius 3 is 3.06 bits per heavy atom. The fraction of sp³-hybridized carbons (Fsp3) is 0.300.